The zero-order valence-electron chi connectivity index (χ0n) is 9.90. The Morgan fingerprint density at radius 3 is 2.62 bits per heavy atom. The minimum atomic E-state index is -0.805. The quantitative estimate of drug-likeness (QED) is 0.783. The Bertz CT molecular complexity index is 420. The number of hydrogen-bond acceptors (Lipinski definition) is 2. The standard InChI is InChI=1S/C13H17NO2/c1-9(15)14-8-11(13(2,3)16)10-6-4-5-7-12(10)14/h4-7,11,16H,8H2,1-3H3. The number of aliphatic hydroxyl groups is 1. The zero-order chi connectivity index (χ0) is 11.9. The first-order valence-electron chi connectivity index (χ1n) is 5.50. The van der Waals surface area contributed by atoms with E-state index < -0.39 is 5.60 Å². The van der Waals surface area contributed by atoms with Gasteiger partial charge in [0.05, 0.1) is 5.60 Å². The highest BCUT2D eigenvalue weighted by Gasteiger charge is 2.38. The van der Waals surface area contributed by atoms with E-state index in [2.05, 4.69) is 0 Å². The first-order chi connectivity index (χ1) is 7.41. The van der Waals surface area contributed by atoms with Crippen molar-refractivity contribution in [1.29, 1.82) is 0 Å². The number of carbonyl (C=O) groups is 1. The van der Waals surface area contributed by atoms with E-state index in [0.717, 1.165) is 11.3 Å². The maximum Gasteiger partial charge on any atom is 0.223 e. The first-order valence-corrected chi connectivity index (χ1v) is 5.50. The topological polar surface area (TPSA) is 40.5 Å². The number of para-hydroxylation sites is 1. The van der Waals surface area contributed by atoms with E-state index in [-0.39, 0.29) is 11.8 Å². The Morgan fingerprint density at radius 1 is 1.44 bits per heavy atom. The van der Waals surface area contributed by atoms with Crippen LogP contribution < -0.4 is 4.90 Å². The summed E-state index contributed by atoms with van der Waals surface area (Å²) in [6.45, 7) is 5.71. The SMILES string of the molecule is CC(=O)N1CC(C(C)(C)O)c2ccccc21. The fourth-order valence-corrected chi connectivity index (χ4v) is 2.31. The molecule has 16 heavy (non-hydrogen) atoms. The van der Waals surface area contributed by atoms with Crippen molar-refractivity contribution in [2.45, 2.75) is 32.3 Å². The van der Waals surface area contributed by atoms with E-state index >= 15 is 0 Å². The van der Waals surface area contributed by atoms with Crippen molar-refractivity contribution in [2.24, 2.45) is 0 Å². The van der Waals surface area contributed by atoms with Gasteiger partial charge in [-0.2, -0.15) is 0 Å². The van der Waals surface area contributed by atoms with Crippen LogP contribution in [0.15, 0.2) is 24.3 Å². The number of nitrogens with zero attached hydrogens (tertiary/aromatic N) is 1. The summed E-state index contributed by atoms with van der Waals surface area (Å²) in [5, 5.41) is 10.1. The molecule has 0 saturated heterocycles. The van der Waals surface area contributed by atoms with Crippen molar-refractivity contribution in [3.8, 4) is 0 Å². The van der Waals surface area contributed by atoms with Crippen LogP contribution in [0.4, 0.5) is 5.69 Å². The molecular formula is C13H17NO2. The molecule has 1 heterocycles. The molecule has 1 aromatic carbocycles. The summed E-state index contributed by atoms with van der Waals surface area (Å²) in [4.78, 5) is 13.3. The summed E-state index contributed by atoms with van der Waals surface area (Å²) in [7, 11) is 0. The van der Waals surface area contributed by atoms with Crippen LogP contribution in [-0.4, -0.2) is 23.2 Å². The van der Waals surface area contributed by atoms with Crippen molar-refractivity contribution in [3.05, 3.63) is 29.8 Å². The van der Waals surface area contributed by atoms with Crippen LogP contribution in [0, 0.1) is 0 Å². The Labute approximate surface area is 95.7 Å². The lowest BCUT2D eigenvalue weighted by Gasteiger charge is -2.26. The molecule has 0 spiro atoms. The Balaban J connectivity index is 2.47. The molecule has 0 radical (unpaired) electrons. The molecule has 86 valence electrons. The summed E-state index contributed by atoms with van der Waals surface area (Å²) >= 11 is 0. The van der Waals surface area contributed by atoms with Crippen molar-refractivity contribution in [1.82, 2.24) is 0 Å². The van der Waals surface area contributed by atoms with Crippen LogP contribution in [-0.2, 0) is 4.79 Å². The third kappa shape index (κ3) is 1.71. The van der Waals surface area contributed by atoms with Gasteiger partial charge in [-0.15, -0.1) is 0 Å². The Kier molecular flexibility index (Phi) is 2.50. The minimum Gasteiger partial charge on any atom is -0.390 e. The average molecular weight is 219 g/mol. The van der Waals surface area contributed by atoms with Gasteiger partial charge in [0.15, 0.2) is 0 Å². The maximum absolute atomic E-state index is 11.5. The van der Waals surface area contributed by atoms with E-state index in [4.69, 9.17) is 0 Å². The van der Waals surface area contributed by atoms with E-state index in [1.165, 1.54) is 0 Å². The normalized spacial score (nSPS) is 19.8. The van der Waals surface area contributed by atoms with E-state index in [1.54, 1.807) is 25.7 Å². The lowest BCUT2D eigenvalue weighted by atomic mass is 9.86. The molecule has 0 aromatic heterocycles. The number of amides is 1. The minimum absolute atomic E-state index is 0.00685. The molecule has 1 amide bonds. The van der Waals surface area contributed by atoms with Gasteiger partial charge in [0.2, 0.25) is 5.91 Å². The van der Waals surface area contributed by atoms with E-state index in [9.17, 15) is 9.90 Å². The fourth-order valence-electron chi connectivity index (χ4n) is 2.31. The van der Waals surface area contributed by atoms with Crippen molar-refractivity contribution in [2.75, 3.05) is 11.4 Å². The molecule has 1 aromatic rings. The van der Waals surface area contributed by atoms with E-state index in [1.807, 2.05) is 24.3 Å². The molecule has 1 atom stereocenters. The van der Waals surface area contributed by atoms with Gasteiger partial charge in [0.25, 0.3) is 0 Å². The molecule has 1 aliphatic heterocycles. The first kappa shape index (κ1) is 11.1. The summed E-state index contributed by atoms with van der Waals surface area (Å²) in [5.41, 5.74) is 1.19. The molecule has 0 saturated carbocycles. The predicted molar refractivity (Wildman–Crippen MR) is 63.5 cm³/mol. The lowest BCUT2D eigenvalue weighted by molar-refractivity contribution is -0.116. The summed E-state index contributed by atoms with van der Waals surface area (Å²) in [5.74, 6) is 0.0202. The van der Waals surface area contributed by atoms with Gasteiger partial charge in [0.1, 0.15) is 0 Å². The van der Waals surface area contributed by atoms with Gasteiger partial charge >= 0.3 is 0 Å². The lowest BCUT2D eigenvalue weighted by Crippen LogP contribution is -2.35. The number of hydrogen-bond donors (Lipinski definition) is 1. The predicted octanol–water partition coefficient (Wildman–Crippen LogP) is 1.91. The monoisotopic (exact) mass is 219 g/mol. The van der Waals surface area contributed by atoms with Gasteiger partial charge in [-0.1, -0.05) is 18.2 Å². The molecule has 3 nitrogen and oxygen atoms in total. The van der Waals surface area contributed by atoms with Gasteiger partial charge in [-0.25, -0.2) is 0 Å². The van der Waals surface area contributed by atoms with Crippen molar-refractivity contribution < 1.29 is 9.90 Å². The number of fused-ring (bicyclic) bond motifs is 1. The van der Waals surface area contributed by atoms with Gasteiger partial charge in [-0.3, -0.25) is 4.79 Å². The van der Waals surface area contributed by atoms with Gasteiger partial charge in [0, 0.05) is 25.1 Å². The Hall–Kier alpha value is -1.35. The highest BCUT2D eigenvalue weighted by molar-refractivity contribution is 5.94. The molecule has 0 bridgehead atoms. The largest absolute Gasteiger partial charge is 0.390 e. The van der Waals surface area contributed by atoms with E-state index in [0.29, 0.717) is 6.54 Å². The van der Waals surface area contributed by atoms with Crippen LogP contribution in [0.2, 0.25) is 0 Å². The zero-order valence-corrected chi connectivity index (χ0v) is 9.90. The third-order valence-electron chi connectivity index (χ3n) is 3.20. The van der Waals surface area contributed by atoms with Crippen LogP contribution in [0.25, 0.3) is 0 Å². The highest BCUT2D eigenvalue weighted by atomic mass is 16.3. The molecule has 1 aliphatic rings. The molecule has 1 unspecified atom stereocenters. The summed E-state index contributed by atoms with van der Waals surface area (Å²) in [6, 6.07) is 7.78. The average Bonchev–Trinajstić information content (AvgIpc) is 2.56. The van der Waals surface area contributed by atoms with Gasteiger partial charge in [-0.05, 0) is 25.5 Å². The molecule has 2 rings (SSSR count). The van der Waals surface area contributed by atoms with Crippen molar-refractivity contribution in [3.63, 3.8) is 0 Å². The van der Waals surface area contributed by atoms with Crippen LogP contribution >= 0.6 is 0 Å². The van der Waals surface area contributed by atoms with Crippen LogP contribution in [0.3, 0.4) is 0 Å². The number of benzene rings is 1. The number of rotatable bonds is 1. The highest BCUT2D eigenvalue weighted by Crippen LogP contribution is 2.41. The Morgan fingerprint density at radius 2 is 2.06 bits per heavy atom. The second-order valence-corrected chi connectivity index (χ2v) is 4.89. The van der Waals surface area contributed by atoms with Crippen LogP contribution in [0.5, 0.6) is 0 Å². The molecule has 1 N–H and O–H groups in total. The molecule has 3 heteroatoms. The second kappa shape index (κ2) is 3.59. The number of anilines is 1. The third-order valence-corrected chi connectivity index (χ3v) is 3.20. The summed E-state index contributed by atoms with van der Waals surface area (Å²) < 4.78 is 0. The maximum atomic E-state index is 11.5. The summed E-state index contributed by atoms with van der Waals surface area (Å²) in [6.07, 6.45) is 0. The van der Waals surface area contributed by atoms with Crippen molar-refractivity contribution >= 4 is 11.6 Å². The fraction of sp³-hybridized carbons (Fsp3) is 0.462. The van der Waals surface area contributed by atoms with Gasteiger partial charge < -0.3 is 10.0 Å². The molecule has 0 fully saturated rings. The second-order valence-electron chi connectivity index (χ2n) is 4.89. The van der Waals surface area contributed by atoms with Crippen LogP contribution in [0.1, 0.15) is 32.3 Å². The molecule has 0 aliphatic carbocycles. The smallest absolute Gasteiger partial charge is 0.223 e. The number of carbonyl (C=O) groups excluding carboxylic acids is 1. The molecular weight excluding hydrogens is 202 g/mol.